The SMILES string of the molecule is CN(CCCNC(=O)OC(C)(C)C)c1ccnc(N)n1. The number of rotatable bonds is 5. The van der Waals surface area contributed by atoms with Crippen molar-refractivity contribution in [1.82, 2.24) is 15.3 Å². The van der Waals surface area contributed by atoms with Crippen LogP contribution in [0.15, 0.2) is 12.3 Å². The van der Waals surface area contributed by atoms with E-state index in [9.17, 15) is 4.79 Å². The first-order chi connectivity index (χ1) is 9.28. The van der Waals surface area contributed by atoms with Gasteiger partial charge < -0.3 is 20.7 Å². The minimum Gasteiger partial charge on any atom is -0.444 e. The Morgan fingerprint density at radius 1 is 1.50 bits per heavy atom. The second-order valence-corrected chi connectivity index (χ2v) is 5.48. The van der Waals surface area contributed by atoms with Gasteiger partial charge in [-0.25, -0.2) is 9.78 Å². The van der Waals surface area contributed by atoms with Gasteiger partial charge in [-0.15, -0.1) is 0 Å². The molecule has 0 aliphatic rings. The fourth-order valence-corrected chi connectivity index (χ4v) is 1.51. The van der Waals surface area contributed by atoms with Crippen LogP contribution < -0.4 is 16.0 Å². The van der Waals surface area contributed by atoms with Gasteiger partial charge in [0.15, 0.2) is 0 Å². The van der Waals surface area contributed by atoms with Crippen molar-refractivity contribution < 1.29 is 9.53 Å². The summed E-state index contributed by atoms with van der Waals surface area (Å²) in [5.74, 6) is 1.01. The molecule has 0 aliphatic heterocycles. The number of carbonyl (C=O) groups excluding carboxylic acids is 1. The van der Waals surface area contributed by atoms with Gasteiger partial charge in [-0.1, -0.05) is 0 Å². The number of hydrogen-bond acceptors (Lipinski definition) is 6. The zero-order valence-corrected chi connectivity index (χ0v) is 12.5. The third-order valence-corrected chi connectivity index (χ3v) is 2.39. The summed E-state index contributed by atoms with van der Waals surface area (Å²) in [7, 11) is 1.91. The number of anilines is 2. The van der Waals surface area contributed by atoms with E-state index in [4.69, 9.17) is 10.5 Å². The van der Waals surface area contributed by atoms with Crippen LogP contribution in [0.3, 0.4) is 0 Å². The average Bonchev–Trinajstić information content (AvgIpc) is 2.32. The van der Waals surface area contributed by atoms with E-state index in [2.05, 4.69) is 15.3 Å². The van der Waals surface area contributed by atoms with Gasteiger partial charge in [-0.3, -0.25) is 0 Å². The molecule has 1 rings (SSSR count). The van der Waals surface area contributed by atoms with E-state index in [1.54, 1.807) is 12.3 Å². The summed E-state index contributed by atoms with van der Waals surface area (Å²) in [5.41, 5.74) is 5.05. The smallest absolute Gasteiger partial charge is 0.407 e. The number of nitrogens with zero attached hydrogens (tertiary/aromatic N) is 3. The average molecular weight is 281 g/mol. The van der Waals surface area contributed by atoms with Gasteiger partial charge in [-0.05, 0) is 33.3 Å². The lowest BCUT2D eigenvalue weighted by Gasteiger charge is -2.20. The molecule has 1 aromatic rings. The van der Waals surface area contributed by atoms with E-state index in [0.29, 0.717) is 6.54 Å². The van der Waals surface area contributed by atoms with Crippen molar-refractivity contribution in [2.24, 2.45) is 0 Å². The summed E-state index contributed by atoms with van der Waals surface area (Å²) >= 11 is 0. The molecule has 1 aromatic heterocycles. The number of nitrogen functional groups attached to an aromatic ring is 1. The molecular formula is C13H23N5O2. The summed E-state index contributed by atoms with van der Waals surface area (Å²) in [5, 5.41) is 2.71. The van der Waals surface area contributed by atoms with E-state index < -0.39 is 11.7 Å². The van der Waals surface area contributed by atoms with Gasteiger partial charge in [0.2, 0.25) is 5.95 Å². The number of alkyl carbamates (subject to hydrolysis) is 1. The molecule has 0 aliphatic carbocycles. The van der Waals surface area contributed by atoms with Crippen LogP contribution in [0, 0.1) is 0 Å². The standard InChI is InChI=1S/C13H23N5O2/c1-13(2,3)20-12(19)16-7-5-9-18(4)10-6-8-15-11(14)17-10/h6,8H,5,7,9H2,1-4H3,(H,16,19)(H2,14,15,17). The van der Waals surface area contributed by atoms with Crippen molar-refractivity contribution in [2.75, 3.05) is 30.8 Å². The predicted molar refractivity (Wildman–Crippen MR) is 78.6 cm³/mol. The number of carbonyl (C=O) groups is 1. The molecule has 7 heteroatoms. The van der Waals surface area contributed by atoms with Gasteiger partial charge in [0, 0.05) is 26.3 Å². The Labute approximate surface area is 119 Å². The highest BCUT2D eigenvalue weighted by Gasteiger charge is 2.15. The molecule has 0 atom stereocenters. The van der Waals surface area contributed by atoms with E-state index in [1.807, 2.05) is 32.7 Å². The molecule has 0 unspecified atom stereocenters. The first-order valence-corrected chi connectivity index (χ1v) is 6.54. The minimum atomic E-state index is -0.473. The summed E-state index contributed by atoms with van der Waals surface area (Å²) in [6.07, 6.45) is 2.00. The zero-order chi connectivity index (χ0) is 15.2. The third-order valence-electron chi connectivity index (χ3n) is 2.39. The van der Waals surface area contributed by atoms with Gasteiger partial charge in [0.1, 0.15) is 11.4 Å². The lowest BCUT2D eigenvalue weighted by molar-refractivity contribution is 0.0527. The molecule has 0 aromatic carbocycles. The molecule has 7 nitrogen and oxygen atoms in total. The van der Waals surface area contributed by atoms with Gasteiger partial charge in [0.25, 0.3) is 0 Å². The Hall–Kier alpha value is -2.05. The first-order valence-electron chi connectivity index (χ1n) is 6.54. The molecule has 1 amide bonds. The summed E-state index contributed by atoms with van der Waals surface area (Å²) in [4.78, 5) is 21.3. The number of amides is 1. The molecule has 0 saturated carbocycles. The first kappa shape index (κ1) is 16.0. The van der Waals surface area contributed by atoms with Crippen molar-refractivity contribution in [3.63, 3.8) is 0 Å². The van der Waals surface area contributed by atoms with Crippen LogP contribution >= 0.6 is 0 Å². The van der Waals surface area contributed by atoms with Crippen molar-refractivity contribution >= 4 is 17.9 Å². The largest absolute Gasteiger partial charge is 0.444 e. The minimum absolute atomic E-state index is 0.251. The molecule has 112 valence electrons. The highest BCUT2D eigenvalue weighted by atomic mass is 16.6. The molecule has 20 heavy (non-hydrogen) atoms. The van der Waals surface area contributed by atoms with Gasteiger partial charge >= 0.3 is 6.09 Å². The highest BCUT2D eigenvalue weighted by Crippen LogP contribution is 2.09. The molecular weight excluding hydrogens is 258 g/mol. The molecule has 1 heterocycles. The van der Waals surface area contributed by atoms with Crippen molar-refractivity contribution in [2.45, 2.75) is 32.8 Å². The third kappa shape index (κ3) is 6.21. The van der Waals surface area contributed by atoms with Gasteiger partial charge in [0.05, 0.1) is 0 Å². The number of aromatic nitrogens is 2. The van der Waals surface area contributed by atoms with Crippen LogP contribution in [0.25, 0.3) is 0 Å². The maximum absolute atomic E-state index is 11.4. The van der Waals surface area contributed by atoms with Crippen LogP contribution in [-0.2, 0) is 4.74 Å². The second-order valence-electron chi connectivity index (χ2n) is 5.48. The van der Waals surface area contributed by atoms with Crippen LogP contribution in [0.4, 0.5) is 16.6 Å². The second kappa shape index (κ2) is 6.93. The maximum Gasteiger partial charge on any atom is 0.407 e. The highest BCUT2D eigenvalue weighted by molar-refractivity contribution is 5.67. The van der Waals surface area contributed by atoms with Crippen molar-refractivity contribution in [1.29, 1.82) is 0 Å². The van der Waals surface area contributed by atoms with Crippen LogP contribution in [0.1, 0.15) is 27.2 Å². The fraction of sp³-hybridized carbons (Fsp3) is 0.615. The van der Waals surface area contributed by atoms with Crippen LogP contribution in [0.2, 0.25) is 0 Å². The molecule has 0 spiro atoms. The molecule has 0 fully saturated rings. The Kier molecular flexibility index (Phi) is 5.54. The van der Waals surface area contributed by atoms with Crippen molar-refractivity contribution in [3.8, 4) is 0 Å². The monoisotopic (exact) mass is 281 g/mol. The molecule has 0 bridgehead atoms. The Bertz CT molecular complexity index is 445. The van der Waals surface area contributed by atoms with E-state index in [-0.39, 0.29) is 5.95 Å². The topological polar surface area (TPSA) is 93.4 Å². The zero-order valence-electron chi connectivity index (χ0n) is 12.5. The molecule has 0 radical (unpaired) electrons. The Morgan fingerprint density at radius 3 is 2.80 bits per heavy atom. The molecule has 3 N–H and O–H groups in total. The van der Waals surface area contributed by atoms with E-state index >= 15 is 0 Å². The lowest BCUT2D eigenvalue weighted by Crippen LogP contribution is -2.34. The van der Waals surface area contributed by atoms with Crippen LogP contribution in [-0.4, -0.2) is 41.8 Å². The number of nitrogens with two attached hydrogens (primary N) is 1. The summed E-state index contributed by atoms with van der Waals surface area (Å²) in [6, 6.07) is 1.79. The van der Waals surface area contributed by atoms with E-state index in [0.717, 1.165) is 18.8 Å². The number of ether oxygens (including phenoxy) is 1. The fourth-order valence-electron chi connectivity index (χ4n) is 1.51. The summed E-state index contributed by atoms with van der Waals surface area (Å²) < 4.78 is 5.14. The quantitative estimate of drug-likeness (QED) is 0.793. The van der Waals surface area contributed by atoms with Crippen molar-refractivity contribution in [3.05, 3.63) is 12.3 Å². The normalized spacial score (nSPS) is 11.0. The van der Waals surface area contributed by atoms with Crippen LogP contribution in [0.5, 0.6) is 0 Å². The molecule has 0 saturated heterocycles. The Morgan fingerprint density at radius 2 is 2.20 bits per heavy atom. The maximum atomic E-state index is 11.4. The number of nitrogens with one attached hydrogen (secondary N) is 1. The predicted octanol–water partition coefficient (Wildman–Crippen LogP) is 1.41. The number of hydrogen-bond donors (Lipinski definition) is 2. The van der Waals surface area contributed by atoms with Gasteiger partial charge in [-0.2, -0.15) is 4.98 Å². The summed E-state index contributed by atoms with van der Waals surface area (Å²) in [6.45, 7) is 6.78. The lowest BCUT2D eigenvalue weighted by atomic mass is 10.2. The van der Waals surface area contributed by atoms with E-state index in [1.165, 1.54) is 0 Å². The Balaban J connectivity index is 2.26.